The van der Waals surface area contributed by atoms with Crippen LogP contribution in [0.25, 0.3) is 5.57 Å². The summed E-state index contributed by atoms with van der Waals surface area (Å²) in [5, 5.41) is 7.71. The van der Waals surface area contributed by atoms with Crippen molar-refractivity contribution in [1.82, 2.24) is 4.72 Å². The van der Waals surface area contributed by atoms with Gasteiger partial charge in [0.05, 0.1) is 12.7 Å². The molecule has 0 aromatic heterocycles. The van der Waals surface area contributed by atoms with Gasteiger partial charge in [0.1, 0.15) is 0 Å². The van der Waals surface area contributed by atoms with Gasteiger partial charge in [-0.3, -0.25) is 4.72 Å². The van der Waals surface area contributed by atoms with E-state index in [-0.39, 0.29) is 23.9 Å². The van der Waals surface area contributed by atoms with Crippen LogP contribution in [0.1, 0.15) is 12.5 Å². The standard InChI is InChI=1S/C11H14FN3OS/c1-7(13)10(11(16-2)15-17-12)8-3-5-9(14)6-4-8/h3-6,13,15H,14H2,1-2H3/b11-10-,13-7?. The Labute approximate surface area is 104 Å². The second-order valence-electron chi connectivity index (χ2n) is 3.33. The molecule has 0 aliphatic carbocycles. The van der Waals surface area contributed by atoms with Crippen molar-refractivity contribution in [3.8, 4) is 0 Å². The molecule has 0 spiro atoms. The molecule has 4 nitrogen and oxygen atoms in total. The van der Waals surface area contributed by atoms with Crippen LogP contribution in [0.2, 0.25) is 0 Å². The van der Waals surface area contributed by atoms with Gasteiger partial charge >= 0.3 is 0 Å². The third kappa shape index (κ3) is 3.39. The number of benzene rings is 1. The highest BCUT2D eigenvalue weighted by Gasteiger charge is 2.12. The van der Waals surface area contributed by atoms with Gasteiger partial charge in [0.2, 0.25) is 5.88 Å². The lowest BCUT2D eigenvalue weighted by Crippen LogP contribution is -2.11. The molecule has 92 valence electrons. The molecule has 0 bridgehead atoms. The third-order valence-corrected chi connectivity index (χ3v) is 2.40. The largest absolute Gasteiger partial charge is 0.481 e. The maximum Gasteiger partial charge on any atom is 0.208 e. The minimum Gasteiger partial charge on any atom is -0.481 e. The molecule has 4 N–H and O–H groups in total. The van der Waals surface area contributed by atoms with E-state index in [2.05, 4.69) is 4.72 Å². The number of hydrogen-bond donors (Lipinski definition) is 3. The normalized spacial score (nSPS) is 11.7. The van der Waals surface area contributed by atoms with Crippen molar-refractivity contribution in [3.63, 3.8) is 0 Å². The van der Waals surface area contributed by atoms with E-state index in [1.54, 1.807) is 31.2 Å². The Balaban J connectivity index is 3.25. The highest BCUT2D eigenvalue weighted by molar-refractivity contribution is 7.92. The van der Waals surface area contributed by atoms with Gasteiger partial charge in [0.15, 0.2) is 12.3 Å². The summed E-state index contributed by atoms with van der Waals surface area (Å²) in [6.07, 6.45) is 0. The fourth-order valence-corrected chi connectivity index (χ4v) is 1.65. The number of halogens is 1. The van der Waals surface area contributed by atoms with Crippen LogP contribution in [-0.2, 0) is 4.74 Å². The number of hydrogen-bond acceptors (Lipinski definition) is 5. The van der Waals surface area contributed by atoms with E-state index in [0.717, 1.165) is 5.56 Å². The van der Waals surface area contributed by atoms with Crippen molar-refractivity contribution in [1.29, 1.82) is 5.41 Å². The average Bonchev–Trinajstić information content (AvgIpc) is 2.30. The zero-order valence-corrected chi connectivity index (χ0v) is 10.4. The minimum atomic E-state index is -0.0764. The SMILES string of the molecule is CO/C(NSF)=C(/C(C)=N)c1ccc(N)cc1. The second kappa shape index (κ2) is 6.15. The molecule has 0 atom stereocenters. The summed E-state index contributed by atoms with van der Waals surface area (Å²) in [6, 6.07) is 6.95. The molecule has 0 fully saturated rings. The molecular weight excluding hydrogens is 241 g/mol. The second-order valence-corrected chi connectivity index (χ2v) is 3.69. The molecule has 0 saturated carbocycles. The predicted molar refractivity (Wildman–Crippen MR) is 70.0 cm³/mol. The Hall–Kier alpha value is -1.69. The van der Waals surface area contributed by atoms with Crippen molar-refractivity contribution >= 4 is 29.3 Å². The molecule has 0 amide bonds. The van der Waals surface area contributed by atoms with E-state index in [1.165, 1.54) is 7.11 Å². The summed E-state index contributed by atoms with van der Waals surface area (Å²) in [7, 11) is 1.42. The van der Waals surface area contributed by atoms with E-state index in [4.69, 9.17) is 15.9 Å². The van der Waals surface area contributed by atoms with E-state index < -0.39 is 0 Å². The van der Waals surface area contributed by atoms with Crippen LogP contribution in [0.5, 0.6) is 0 Å². The summed E-state index contributed by atoms with van der Waals surface area (Å²) >= 11 is -0.0764. The van der Waals surface area contributed by atoms with Gasteiger partial charge in [0, 0.05) is 11.4 Å². The fourth-order valence-electron chi connectivity index (χ4n) is 1.40. The van der Waals surface area contributed by atoms with Crippen LogP contribution >= 0.6 is 12.3 Å². The van der Waals surface area contributed by atoms with Gasteiger partial charge in [-0.15, -0.1) is 3.89 Å². The van der Waals surface area contributed by atoms with Crippen LogP contribution in [-0.4, -0.2) is 12.8 Å². The Kier molecular flexibility index (Phi) is 4.84. The van der Waals surface area contributed by atoms with E-state index in [0.29, 0.717) is 11.3 Å². The van der Waals surface area contributed by atoms with Gasteiger partial charge < -0.3 is 15.9 Å². The van der Waals surface area contributed by atoms with E-state index in [1.807, 2.05) is 0 Å². The van der Waals surface area contributed by atoms with Crippen molar-refractivity contribution in [3.05, 3.63) is 35.7 Å². The first kappa shape index (κ1) is 13.4. The molecule has 1 aromatic carbocycles. The average molecular weight is 255 g/mol. The fraction of sp³-hybridized carbons (Fsp3) is 0.182. The molecule has 0 heterocycles. The predicted octanol–water partition coefficient (Wildman–Crippen LogP) is 2.75. The van der Waals surface area contributed by atoms with Gasteiger partial charge in [-0.25, -0.2) is 0 Å². The first-order valence-corrected chi connectivity index (χ1v) is 5.55. The van der Waals surface area contributed by atoms with Crippen LogP contribution in [0.3, 0.4) is 0 Å². The number of nitrogens with two attached hydrogens (primary N) is 1. The minimum absolute atomic E-state index is 0.0764. The first-order chi connectivity index (χ1) is 8.10. The van der Waals surface area contributed by atoms with Gasteiger partial charge in [-0.1, -0.05) is 12.1 Å². The van der Waals surface area contributed by atoms with Crippen molar-refractivity contribution in [2.75, 3.05) is 12.8 Å². The Morgan fingerprint density at radius 3 is 2.41 bits per heavy atom. The van der Waals surface area contributed by atoms with Crippen molar-refractivity contribution < 1.29 is 8.62 Å². The molecule has 0 aliphatic rings. The molecule has 0 unspecified atom stereocenters. The Bertz CT molecular complexity index is 431. The number of rotatable bonds is 5. The first-order valence-electron chi connectivity index (χ1n) is 4.83. The number of methoxy groups -OCH3 is 1. The molecule has 17 heavy (non-hydrogen) atoms. The van der Waals surface area contributed by atoms with Crippen LogP contribution in [0.4, 0.5) is 9.57 Å². The quantitative estimate of drug-likeness (QED) is 0.327. The lowest BCUT2D eigenvalue weighted by Gasteiger charge is -2.13. The summed E-state index contributed by atoms with van der Waals surface area (Å²) in [6.45, 7) is 1.61. The van der Waals surface area contributed by atoms with Gasteiger partial charge in [-0.2, -0.15) is 0 Å². The summed E-state index contributed by atoms with van der Waals surface area (Å²) in [5.41, 5.74) is 7.73. The smallest absolute Gasteiger partial charge is 0.208 e. The molecule has 0 aliphatic heterocycles. The topological polar surface area (TPSA) is 71.1 Å². The lowest BCUT2D eigenvalue weighted by molar-refractivity contribution is 0.282. The molecule has 0 radical (unpaired) electrons. The number of allylic oxidation sites excluding steroid dienone is 1. The van der Waals surface area contributed by atoms with Crippen molar-refractivity contribution in [2.24, 2.45) is 0 Å². The lowest BCUT2D eigenvalue weighted by atomic mass is 10.0. The van der Waals surface area contributed by atoms with Gasteiger partial charge in [-0.05, 0) is 24.6 Å². The summed E-state index contributed by atoms with van der Waals surface area (Å²) < 4.78 is 19.6. The maximum absolute atomic E-state index is 12.2. The third-order valence-electron chi connectivity index (χ3n) is 2.14. The van der Waals surface area contributed by atoms with E-state index in [9.17, 15) is 3.89 Å². The molecular formula is C11H14FN3OS. The molecule has 0 saturated heterocycles. The highest BCUT2D eigenvalue weighted by atomic mass is 32.2. The van der Waals surface area contributed by atoms with Crippen molar-refractivity contribution in [2.45, 2.75) is 6.92 Å². The van der Waals surface area contributed by atoms with Crippen LogP contribution in [0.15, 0.2) is 30.1 Å². The summed E-state index contributed by atoms with van der Waals surface area (Å²) in [4.78, 5) is 0. The zero-order chi connectivity index (χ0) is 12.8. The van der Waals surface area contributed by atoms with E-state index >= 15 is 0 Å². The number of anilines is 1. The molecule has 1 rings (SSSR count). The molecule has 1 aromatic rings. The Morgan fingerprint density at radius 1 is 1.41 bits per heavy atom. The van der Waals surface area contributed by atoms with Gasteiger partial charge in [0.25, 0.3) is 0 Å². The zero-order valence-electron chi connectivity index (χ0n) is 9.58. The summed E-state index contributed by atoms with van der Waals surface area (Å²) in [5.74, 6) is 0.203. The monoisotopic (exact) mass is 255 g/mol. The number of nitrogens with one attached hydrogen (secondary N) is 2. The van der Waals surface area contributed by atoms with Crippen LogP contribution in [0, 0.1) is 5.41 Å². The highest BCUT2D eigenvalue weighted by Crippen LogP contribution is 2.22. The number of ether oxygens (including phenoxy) is 1. The number of nitrogen functional groups attached to an aromatic ring is 1. The Morgan fingerprint density at radius 2 is 2.00 bits per heavy atom. The van der Waals surface area contributed by atoms with Crippen LogP contribution < -0.4 is 10.5 Å². The molecule has 6 heteroatoms. The maximum atomic E-state index is 12.2.